The van der Waals surface area contributed by atoms with E-state index in [2.05, 4.69) is 0 Å². The van der Waals surface area contributed by atoms with Crippen LogP contribution in [-0.2, 0) is 5.41 Å². The number of aromatic hydroxyl groups is 2. The number of fused-ring (bicyclic) bond motifs is 1. The number of hydrogen-bond acceptors (Lipinski definition) is 2. The zero-order valence-electron chi connectivity index (χ0n) is 17.0. The predicted octanol–water partition coefficient (Wildman–Crippen LogP) is 6.76. The van der Waals surface area contributed by atoms with Gasteiger partial charge in [0, 0.05) is 5.39 Å². The first-order valence-corrected chi connectivity index (χ1v) is 9.82. The van der Waals surface area contributed by atoms with E-state index >= 15 is 13.2 Å². The molecule has 0 saturated heterocycles. The topological polar surface area (TPSA) is 40.5 Å². The first kappa shape index (κ1) is 20.8. The molecule has 4 aromatic rings. The van der Waals surface area contributed by atoms with Gasteiger partial charge >= 0.3 is 6.18 Å². The highest BCUT2D eigenvalue weighted by Crippen LogP contribution is 2.54. The SMILES string of the molecule is Cc1cc(C(c2ccccc2)(c2ccc(O)c3ccccc23)C(F)(F)F)cc(C)c1O. The summed E-state index contributed by atoms with van der Waals surface area (Å²) in [5, 5.41) is 21.2. The first-order valence-electron chi connectivity index (χ1n) is 9.82. The molecule has 0 amide bonds. The van der Waals surface area contributed by atoms with Crippen molar-refractivity contribution >= 4 is 10.8 Å². The van der Waals surface area contributed by atoms with Gasteiger partial charge in [-0.15, -0.1) is 0 Å². The third-order valence-electron chi connectivity index (χ3n) is 5.86. The molecule has 4 aromatic carbocycles. The van der Waals surface area contributed by atoms with E-state index in [1.54, 1.807) is 56.3 Å². The van der Waals surface area contributed by atoms with Crippen molar-refractivity contribution in [3.63, 3.8) is 0 Å². The van der Waals surface area contributed by atoms with Crippen LogP contribution in [0.15, 0.2) is 78.9 Å². The third kappa shape index (κ3) is 3.12. The Labute approximate surface area is 178 Å². The van der Waals surface area contributed by atoms with Crippen molar-refractivity contribution in [1.29, 1.82) is 0 Å². The highest BCUT2D eigenvalue weighted by atomic mass is 19.4. The highest BCUT2D eigenvalue weighted by Gasteiger charge is 2.59. The Hall–Kier alpha value is -3.47. The van der Waals surface area contributed by atoms with Crippen molar-refractivity contribution in [3.05, 3.63) is 107 Å². The molecule has 0 fully saturated rings. The largest absolute Gasteiger partial charge is 0.507 e. The number of phenols is 2. The molecule has 5 heteroatoms. The molecule has 1 atom stereocenters. The van der Waals surface area contributed by atoms with Gasteiger partial charge in [-0.25, -0.2) is 0 Å². The van der Waals surface area contributed by atoms with E-state index in [1.807, 2.05) is 0 Å². The van der Waals surface area contributed by atoms with Crippen LogP contribution < -0.4 is 0 Å². The molecule has 1 unspecified atom stereocenters. The lowest BCUT2D eigenvalue weighted by atomic mass is 9.67. The summed E-state index contributed by atoms with van der Waals surface area (Å²) < 4.78 is 45.9. The van der Waals surface area contributed by atoms with E-state index in [9.17, 15) is 10.2 Å². The molecule has 0 radical (unpaired) electrons. The van der Waals surface area contributed by atoms with Crippen molar-refractivity contribution in [3.8, 4) is 11.5 Å². The Morgan fingerprint density at radius 2 is 1.19 bits per heavy atom. The maximum atomic E-state index is 15.3. The molecule has 2 nitrogen and oxygen atoms in total. The van der Waals surface area contributed by atoms with Crippen LogP contribution in [0.5, 0.6) is 11.5 Å². The van der Waals surface area contributed by atoms with Crippen molar-refractivity contribution in [2.45, 2.75) is 25.4 Å². The Morgan fingerprint density at radius 3 is 1.77 bits per heavy atom. The molecular weight excluding hydrogens is 401 g/mol. The molecule has 0 aliphatic carbocycles. The lowest BCUT2D eigenvalue weighted by Crippen LogP contribution is -2.44. The zero-order chi connectivity index (χ0) is 22.4. The summed E-state index contributed by atoms with van der Waals surface area (Å²) in [4.78, 5) is 0. The number of rotatable bonds is 3. The van der Waals surface area contributed by atoms with E-state index < -0.39 is 11.6 Å². The molecule has 31 heavy (non-hydrogen) atoms. The van der Waals surface area contributed by atoms with Crippen molar-refractivity contribution in [2.24, 2.45) is 0 Å². The lowest BCUT2D eigenvalue weighted by molar-refractivity contribution is -0.166. The van der Waals surface area contributed by atoms with Gasteiger partial charge in [0.2, 0.25) is 0 Å². The minimum atomic E-state index is -4.72. The fourth-order valence-electron chi connectivity index (χ4n) is 4.43. The van der Waals surface area contributed by atoms with Crippen LogP contribution in [0, 0.1) is 13.8 Å². The van der Waals surface area contributed by atoms with Gasteiger partial charge in [-0.05, 0) is 53.1 Å². The zero-order valence-corrected chi connectivity index (χ0v) is 17.0. The molecule has 4 rings (SSSR count). The van der Waals surface area contributed by atoms with E-state index in [-0.39, 0.29) is 28.2 Å². The second kappa shape index (κ2) is 7.34. The van der Waals surface area contributed by atoms with Gasteiger partial charge in [-0.3, -0.25) is 0 Å². The summed E-state index contributed by atoms with van der Waals surface area (Å²) in [7, 11) is 0. The quantitative estimate of drug-likeness (QED) is 0.358. The summed E-state index contributed by atoms with van der Waals surface area (Å²) in [5.41, 5.74) is -1.70. The molecule has 0 aliphatic rings. The normalized spacial score (nSPS) is 13.8. The molecule has 0 aromatic heterocycles. The predicted molar refractivity (Wildman–Crippen MR) is 116 cm³/mol. The van der Waals surface area contributed by atoms with Crippen molar-refractivity contribution in [2.75, 3.05) is 0 Å². The van der Waals surface area contributed by atoms with E-state index in [0.29, 0.717) is 21.9 Å². The summed E-state index contributed by atoms with van der Waals surface area (Å²) in [6.07, 6.45) is -4.72. The van der Waals surface area contributed by atoms with Crippen LogP contribution in [0.1, 0.15) is 27.8 Å². The molecule has 0 heterocycles. The van der Waals surface area contributed by atoms with Crippen LogP contribution >= 0.6 is 0 Å². The van der Waals surface area contributed by atoms with Gasteiger partial charge in [-0.1, -0.05) is 72.8 Å². The Balaban J connectivity index is 2.25. The Kier molecular flexibility index (Phi) is 4.92. The van der Waals surface area contributed by atoms with Crippen LogP contribution in [0.25, 0.3) is 10.8 Å². The van der Waals surface area contributed by atoms with E-state index in [4.69, 9.17) is 0 Å². The minimum Gasteiger partial charge on any atom is -0.507 e. The second-order valence-corrected chi connectivity index (χ2v) is 7.75. The maximum Gasteiger partial charge on any atom is 0.406 e. The number of alkyl halides is 3. The molecule has 158 valence electrons. The maximum absolute atomic E-state index is 15.3. The second-order valence-electron chi connectivity index (χ2n) is 7.75. The fourth-order valence-corrected chi connectivity index (χ4v) is 4.43. The number of benzene rings is 4. The Morgan fingerprint density at radius 1 is 0.645 bits per heavy atom. The molecule has 2 N–H and O–H groups in total. The highest BCUT2D eigenvalue weighted by molar-refractivity contribution is 5.93. The molecular formula is C26H21F3O2. The fraction of sp³-hybridized carbons (Fsp3) is 0.154. The van der Waals surface area contributed by atoms with E-state index in [0.717, 1.165) is 0 Å². The van der Waals surface area contributed by atoms with Gasteiger partial charge < -0.3 is 10.2 Å². The van der Waals surface area contributed by atoms with E-state index in [1.165, 1.54) is 36.4 Å². The lowest BCUT2D eigenvalue weighted by Gasteiger charge is -2.39. The summed E-state index contributed by atoms with van der Waals surface area (Å²) >= 11 is 0. The van der Waals surface area contributed by atoms with Crippen LogP contribution in [0.4, 0.5) is 13.2 Å². The Bertz CT molecular complexity index is 1240. The smallest absolute Gasteiger partial charge is 0.406 e. The number of halogens is 3. The number of aryl methyl sites for hydroxylation is 2. The standard InChI is InChI=1S/C26H21F3O2/c1-16-14-19(15-17(2)24(16)31)25(26(27,28)29,18-8-4-3-5-9-18)22-12-13-23(30)21-11-7-6-10-20(21)22/h3-15,30-31H,1-2H3. The van der Waals surface area contributed by atoms with Gasteiger partial charge in [0.05, 0.1) is 0 Å². The average Bonchev–Trinajstić information content (AvgIpc) is 2.74. The average molecular weight is 422 g/mol. The van der Waals surface area contributed by atoms with Gasteiger partial charge in [0.1, 0.15) is 16.9 Å². The van der Waals surface area contributed by atoms with Crippen LogP contribution in [0.3, 0.4) is 0 Å². The monoisotopic (exact) mass is 422 g/mol. The molecule has 0 bridgehead atoms. The van der Waals surface area contributed by atoms with Crippen molar-refractivity contribution < 1.29 is 23.4 Å². The number of hydrogen-bond donors (Lipinski definition) is 2. The molecule has 0 spiro atoms. The first-order chi connectivity index (χ1) is 14.7. The summed E-state index contributed by atoms with van der Waals surface area (Å²) in [6.45, 7) is 3.18. The van der Waals surface area contributed by atoms with Crippen LogP contribution in [0.2, 0.25) is 0 Å². The molecule has 0 aliphatic heterocycles. The van der Waals surface area contributed by atoms with Crippen molar-refractivity contribution in [1.82, 2.24) is 0 Å². The summed E-state index contributed by atoms with van der Waals surface area (Å²) in [6, 6.07) is 19.7. The summed E-state index contributed by atoms with van der Waals surface area (Å²) in [5.74, 6) is -0.106. The van der Waals surface area contributed by atoms with Gasteiger partial charge in [0.15, 0.2) is 0 Å². The minimum absolute atomic E-state index is 0.00911. The van der Waals surface area contributed by atoms with Crippen LogP contribution in [-0.4, -0.2) is 16.4 Å². The number of phenolic OH excluding ortho intramolecular Hbond substituents is 2. The molecule has 0 saturated carbocycles. The van der Waals surface area contributed by atoms with Gasteiger partial charge in [0.25, 0.3) is 0 Å². The van der Waals surface area contributed by atoms with Gasteiger partial charge in [-0.2, -0.15) is 13.2 Å². The third-order valence-corrected chi connectivity index (χ3v) is 5.86.